The van der Waals surface area contributed by atoms with E-state index in [1.807, 2.05) is 24.3 Å². The summed E-state index contributed by atoms with van der Waals surface area (Å²) >= 11 is 0. The second-order valence-electron chi connectivity index (χ2n) is 4.84. The molecule has 0 N–H and O–H groups in total. The van der Waals surface area contributed by atoms with E-state index in [-0.39, 0.29) is 17.5 Å². The van der Waals surface area contributed by atoms with Gasteiger partial charge in [-0.1, -0.05) is 42.5 Å². The van der Waals surface area contributed by atoms with Crippen molar-refractivity contribution in [1.82, 2.24) is 0 Å². The number of hydrogen-bond acceptors (Lipinski definition) is 2. The first kappa shape index (κ1) is 12.7. The summed E-state index contributed by atoms with van der Waals surface area (Å²) in [5, 5.41) is 0. The van der Waals surface area contributed by atoms with Crippen molar-refractivity contribution >= 4 is 11.6 Å². The second kappa shape index (κ2) is 5.76. The highest BCUT2D eigenvalue weighted by molar-refractivity contribution is 6.10. The van der Waals surface area contributed by atoms with E-state index < -0.39 is 5.92 Å². The fourth-order valence-electron chi connectivity index (χ4n) is 2.58. The van der Waals surface area contributed by atoms with Crippen molar-refractivity contribution in [3.63, 3.8) is 0 Å². The van der Waals surface area contributed by atoms with Crippen molar-refractivity contribution < 1.29 is 9.59 Å². The number of rotatable bonds is 4. The molecular weight excluding hydrogens is 224 g/mol. The molecule has 0 fully saturated rings. The molecular formula is C16H18O2. The summed E-state index contributed by atoms with van der Waals surface area (Å²) in [7, 11) is 0. The molecule has 0 saturated carbocycles. The van der Waals surface area contributed by atoms with Gasteiger partial charge in [0.25, 0.3) is 0 Å². The Morgan fingerprint density at radius 1 is 1.22 bits per heavy atom. The highest BCUT2D eigenvalue weighted by Gasteiger charge is 2.31. The third kappa shape index (κ3) is 2.76. The van der Waals surface area contributed by atoms with E-state index in [1.54, 1.807) is 12.1 Å². The van der Waals surface area contributed by atoms with Gasteiger partial charge >= 0.3 is 0 Å². The lowest BCUT2D eigenvalue weighted by molar-refractivity contribution is -0.120. The second-order valence-corrected chi connectivity index (χ2v) is 4.84. The Morgan fingerprint density at radius 2 is 1.94 bits per heavy atom. The molecule has 0 aromatic heterocycles. The minimum atomic E-state index is -0.510. The minimum Gasteiger partial charge on any atom is -0.299 e. The number of hydrogen-bond donors (Lipinski definition) is 0. The lowest BCUT2D eigenvalue weighted by atomic mass is 9.78. The van der Waals surface area contributed by atoms with E-state index in [0.29, 0.717) is 5.56 Å². The summed E-state index contributed by atoms with van der Waals surface area (Å²) in [6.45, 7) is 1.52. The average molecular weight is 242 g/mol. The first-order chi connectivity index (χ1) is 8.70. The third-order valence-corrected chi connectivity index (χ3v) is 3.50. The van der Waals surface area contributed by atoms with Crippen molar-refractivity contribution in [3.8, 4) is 0 Å². The predicted octanol–water partition coefficient (Wildman–Crippen LogP) is 3.43. The summed E-state index contributed by atoms with van der Waals surface area (Å²) in [5.41, 5.74) is 0.636. The smallest absolute Gasteiger partial charge is 0.173 e. The van der Waals surface area contributed by atoms with Crippen LogP contribution in [0, 0.1) is 11.8 Å². The van der Waals surface area contributed by atoms with Gasteiger partial charge in [0.15, 0.2) is 5.78 Å². The summed E-state index contributed by atoms with van der Waals surface area (Å²) in [6.07, 6.45) is 7.17. The Bertz CT molecular complexity index is 459. The van der Waals surface area contributed by atoms with Crippen LogP contribution in [-0.2, 0) is 4.79 Å². The van der Waals surface area contributed by atoms with Gasteiger partial charge in [0.05, 0.1) is 5.92 Å². The van der Waals surface area contributed by atoms with Crippen LogP contribution in [0.25, 0.3) is 0 Å². The molecule has 0 radical (unpaired) electrons. The molecule has 2 heteroatoms. The normalized spacial score (nSPS) is 20.4. The Morgan fingerprint density at radius 3 is 2.50 bits per heavy atom. The van der Waals surface area contributed by atoms with Crippen LogP contribution in [0.4, 0.5) is 0 Å². The maximum absolute atomic E-state index is 12.4. The van der Waals surface area contributed by atoms with E-state index in [1.165, 1.54) is 6.92 Å². The van der Waals surface area contributed by atoms with Crippen LogP contribution in [0.2, 0.25) is 0 Å². The summed E-state index contributed by atoms with van der Waals surface area (Å²) < 4.78 is 0. The Kier molecular flexibility index (Phi) is 4.08. The molecule has 2 unspecified atom stereocenters. The van der Waals surface area contributed by atoms with Crippen molar-refractivity contribution in [3.05, 3.63) is 48.0 Å². The number of allylic oxidation sites excluding steroid dienone is 2. The molecule has 1 aliphatic rings. The first-order valence-corrected chi connectivity index (χ1v) is 6.46. The molecule has 0 saturated heterocycles. The minimum absolute atomic E-state index is 0.0274. The molecule has 1 aromatic carbocycles. The molecule has 0 spiro atoms. The van der Waals surface area contributed by atoms with Crippen LogP contribution >= 0.6 is 0 Å². The largest absolute Gasteiger partial charge is 0.299 e. The van der Waals surface area contributed by atoms with Gasteiger partial charge in [0, 0.05) is 5.56 Å². The Labute approximate surface area is 108 Å². The van der Waals surface area contributed by atoms with E-state index >= 15 is 0 Å². The van der Waals surface area contributed by atoms with Gasteiger partial charge in [0.2, 0.25) is 0 Å². The number of ketones is 2. The molecule has 18 heavy (non-hydrogen) atoms. The predicted molar refractivity (Wildman–Crippen MR) is 71.4 cm³/mol. The standard InChI is InChI=1S/C16H18O2/c1-12(17)15(13-8-4-2-5-9-13)16(18)14-10-6-3-7-11-14/h3-4,6-8,10-11,13,15H,2,5,9H2,1H3. The van der Waals surface area contributed by atoms with Crippen molar-refractivity contribution in [2.75, 3.05) is 0 Å². The van der Waals surface area contributed by atoms with Gasteiger partial charge in [0.1, 0.15) is 5.78 Å². The van der Waals surface area contributed by atoms with Gasteiger partial charge in [-0.05, 0) is 32.1 Å². The number of carbonyl (C=O) groups is 2. The van der Waals surface area contributed by atoms with Crippen molar-refractivity contribution in [1.29, 1.82) is 0 Å². The number of Topliss-reactive ketones (excluding diaryl/α,β-unsaturated/α-hetero) is 2. The lowest BCUT2D eigenvalue weighted by Crippen LogP contribution is -2.30. The summed E-state index contributed by atoms with van der Waals surface area (Å²) in [4.78, 5) is 24.2. The molecule has 1 aromatic rings. The number of carbonyl (C=O) groups excluding carboxylic acids is 2. The highest BCUT2D eigenvalue weighted by Crippen LogP contribution is 2.28. The van der Waals surface area contributed by atoms with Crippen LogP contribution in [0.3, 0.4) is 0 Å². The van der Waals surface area contributed by atoms with E-state index in [2.05, 4.69) is 6.08 Å². The van der Waals surface area contributed by atoms with Crippen LogP contribution in [0.5, 0.6) is 0 Å². The zero-order valence-electron chi connectivity index (χ0n) is 10.6. The summed E-state index contributed by atoms with van der Waals surface area (Å²) in [6, 6.07) is 9.11. The zero-order chi connectivity index (χ0) is 13.0. The van der Waals surface area contributed by atoms with E-state index in [4.69, 9.17) is 0 Å². The Balaban J connectivity index is 2.25. The van der Waals surface area contributed by atoms with E-state index in [9.17, 15) is 9.59 Å². The third-order valence-electron chi connectivity index (χ3n) is 3.50. The van der Waals surface area contributed by atoms with Crippen LogP contribution in [0.1, 0.15) is 36.5 Å². The topological polar surface area (TPSA) is 34.1 Å². The van der Waals surface area contributed by atoms with Gasteiger partial charge in [-0.3, -0.25) is 9.59 Å². The average Bonchev–Trinajstić information content (AvgIpc) is 2.40. The monoisotopic (exact) mass is 242 g/mol. The maximum Gasteiger partial charge on any atom is 0.173 e. The number of benzene rings is 1. The highest BCUT2D eigenvalue weighted by atomic mass is 16.1. The molecule has 2 nitrogen and oxygen atoms in total. The molecule has 2 atom stereocenters. The van der Waals surface area contributed by atoms with Crippen molar-refractivity contribution in [2.24, 2.45) is 11.8 Å². The molecule has 0 heterocycles. The zero-order valence-corrected chi connectivity index (χ0v) is 10.6. The van der Waals surface area contributed by atoms with Gasteiger partial charge in [-0.2, -0.15) is 0 Å². The van der Waals surface area contributed by atoms with E-state index in [0.717, 1.165) is 19.3 Å². The SMILES string of the molecule is CC(=O)C(C(=O)c1ccccc1)C1C=CCCC1. The van der Waals surface area contributed by atoms with Crippen LogP contribution < -0.4 is 0 Å². The van der Waals surface area contributed by atoms with Gasteiger partial charge < -0.3 is 0 Å². The first-order valence-electron chi connectivity index (χ1n) is 6.46. The molecule has 1 aliphatic carbocycles. The molecule has 0 aliphatic heterocycles. The van der Waals surface area contributed by atoms with Crippen molar-refractivity contribution in [2.45, 2.75) is 26.2 Å². The molecule has 2 rings (SSSR count). The maximum atomic E-state index is 12.4. The molecule has 0 bridgehead atoms. The van der Waals surface area contributed by atoms with Crippen LogP contribution in [0.15, 0.2) is 42.5 Å². The fourth-order valence-corrected chi connectivity index (χ4v) is 2.58. The van der Waals surface area contributed by atoms with Crippen LogP contribution in [-0.4, -0.2) is 11.6 Å². The van der Waals surface area contributed by atoms with Gasteiger partial charge in [-0.15, -0.1) is 0 Å². The fraction of sp³-hybridized carbons (Fsp3) is 0.375. The van der Waals surface area contributed by atoms with Gasteiger partial charge in [-0.25, -0.2) is 0 Å². The lowest BCUT2D eigenvalue weighted by Gasteiger charge is -2.23. The molecule has 0 amide bonds. The molecule has 94 valence electrons. The summed E-state index contributed by atoms with van der Waals surface area (Å²) in [5.74, 6) is -0.507. The quantitative estimate of drug-likeness (QED) is 0.460. The Hall–Kier alpha value is -1.70.